The first-order chi connectivity index (χ1) is 10.2. The van der Waals surface area contributed by atoms with Crippen LogP contribution in [-0.2, 0) is 13.1 Å². The molecule has 1 saturated heterocycles. The first kappa shape index (κ1) is 14.9. The maximum atomic E-state index is 4.62. The van der Waals surface area contributed by atoms with Crippen LogP contribution in [0.4, 0.5) is 0 Å². The third kappa shape index (κ3) is 4.50. The van der Waals surface area contributed by atoms with Crippen LogP contribution in [0, 0.1) is 0 Å². The summed E-state index contributed by atoms with van der Waals surface area (Å²) in [6.07, 6.45) is 7.38. The third-order valence-electron chi connectivity index (χ3n) is 4.68. The number of likely N-dealkylation sites (N-methyl/N-ethyl adjacent to an activating group) is 2. The lowest BCUT2D eigenvalue weighted by Crippen LogP contribution is -2.36. The summed E-state index contributed by atoms with van der Waals surface area (Å²) in [4.78, 5) is 9.50. The topological polar surface area (TPSA) is 31.4 Å². The maximum absolute atomic E-state index is 4.62. The highest BCUT2D eigenvalue weighted by Gasteiger charge is 2.22. The molecule has 1 unspecified atom stereocenters. The molecule has 4 heteroatoms. The molecule has 1 aromatic rings. The van der Waals surface area contributed by atoms with E-state index in [2.05, 4.69) is 46.3 Å². The van der Waals surface area contributed by atoms with Crippen molar-refractivity contribution >= 4 is 0 Å². The van der Waals surface area contributed by atoms with Gasteiger partial charge in [0.05, 0.1) is 5.69 Å². The zero-order chi connectivity index (χ0) is 14.7. The first-order valence-corrected chi connectivity index (χ1v) is 8.26. The lowest BCUT2D eigenvalue weighted by atomic mass is 10.2. The Bertz CT molecular complexity index is 441. The molecule has 0 spiro atoms. The molecular formula is C17H28N4. The second-order valence-corrected chi connectivity index (χ2v) is 6.79. The van der Waals surface area contributed by atoms with Crippen LogP contribution < -0.4 is 5.32 Å². The van der Waals surface area contributed by atoms with Gasteiger partial charge in [-0.15, -0.1) is 0 Å². The van der Waals surface area contributed by atoms with Gasteiger partial charge >= 0.3 is 0 Å². The van der Waals surface area contributed by atoms with E-state index in [-0.39, 0.29) is 0 Å². The Morgan fingerprint density at radius 1 is 1.33 bits per heavy atom. The van der Waals surface area contributed by atoms with Crippen molar-refractivity contribution < 1.29 is 0 Å². The molecule has 2 heterocycles. The average Bonchev–Trinajstić information content (AvgIpc) is 3.22. The normalized spacial score (nSPS) is 23.1. The smallest absolute Gasteiger partial charge is 0.0544 e. The number of nitrogens with one attached hydrogen (secondary N) is 1. The standard InChI is InChI=1S/C17H28N4/c1-20(13-17-4-3-9-21(17)2)12-16-6-5-14(11-19-16)10-18-15-7-8-15/h5-6,11,15,17-18H,3-4,7-10,12-13H2,1-2H3. The van der Waals surface area contributed by atoms with E-state index in [0.29, 0.717) is 0 Å². The van der Waals surface area contributed by atoms with Crippen LogP contribution in [0.3, 0.4) is 0 Å². The number of nitrogens with zero attached hydrogens (tertiary/aromatic N) is 3. The Labute approximate surface area is 128 Å². The van der Waals surface area contributed by atoms with E-state index >= 15 is 0 Å². The SMILES string of the molecule is CN(Cc1ccc(CNC2CC2)cn1)CC1CCCN1C. The van der Waals surface area contributed by atoms with Crippen molar-refractivity contribution in [3.8, 4) is 0 Å². The van der Waals surface area contributed by atoms with Gasteiger partial charge in [0.25, 0.3) is 0 Å². The number of rotatable bonds is 7. The third-order valence-corrected chi connectivity index (χ3v) is 4.68. The maximum Gasteiger partial charge on any atom is 0.0544 e. The molecule has 2 aliphatic rings. The van der Waals surface area contributed by atoms with Crippen molar-refractivity contribution in [3.63, 3.8) is 0 Å². The fourth-order valence-corrected chi connectivity index (χ4v) is 3.11. The average molecular weight is 288 g/mol. The van der Waals surface area contributed by atoms with Crippen molar-refractivity contribution in [1.82, 2.24) is 20.1 Å². The minimum atomic E-state index is 0.719. The van der Waals surface area contributed by atoms with Gasteiger partial charge in [-0.1, -0.05) is 6.07 Å². The molecule has 0 aromatic carbocycles. The Morgan fingerprint density at radius 3 is 2.81 bits per heavy atom. The predicted molar refractivity (Wildman–Crippen MR) is 86.1 cm³/mol. The molecule has 116 valence electrons. The van der Waals surface area contributed by atoms with Crippen LogP contribution in [0.2, 0.25) is 0 Å². The van der Waals surface area contributed by atoms with Crippen LogP contribution in [0.15, 0.2) is 18.3 Å². The summed E-state index contributed by atoms with van der Waals surface area (Å²) >= 11 is 0. The van der Waals surface area contributed by atoms with Crippen molar-refractivity contribution in [2.75, 3.05) is 27.2 Å². The summed E-state index contributed by atoms with van der Waals surface area (Å²) in [5, 5.41) is 3.53. The van der Waals surface area contributed by atoms with E-state index in [4.69, 9.17) is 0 Å². The van der Waals surface area contributed by atoms with Gasteiger partial charge in [-0.05, 0) is 58.0 Å². The molecular weight excluding hydrogens is 260 g/mol. The lowest BCUT2D eigenvalue weighted by Gasteiger charge is -2.25. The molecule has 21 heavy (non-hydrogen) atoms. The van der Waals surface area contributed by atoms with E-state index < -0.39 is 0 Å². The fraction of sp³-hybridized carbons (Fsp3) is 0.706. The zero-order valence-corrected chi connectivity index (χ0v) is 13.4. The molecule has 3 rings (SSSR count). The van der Waals surface area contributed by atoms with Gasteiger partial charge in [0.15, 0.2) is 0 Å². The highest BCUT2D eigenvalue weighted by atomic mass is 15.2. The van der Waals surface area contributed by atoms with E-state index in [1.54, 1.807) is 0 Å². The molecule has 1 saturated carbocycles. The van der Waals surface area contributed by atoms with Crippen molar-refractivity contribution in [3.05, 3.63) is 29.6 Å². The molecule has 0 amide bonds. The molecule has 0 bridgehead atoms. The monoisotopic (exact) mass is 288 g/mol. The van der Waals surface area contributed by atoms with Crippen molar-refractivity contribution in [1.29, 1.82) is 0 Å². The number of hydrogen-bond acceptors (Lipinski definition) is 4. The van der Waals surface area contributed by atoms with E-state index in [9.17, 15) is 0 Å². The summed E-state index contributed by atoms with van der Waals surface area (Å²) < 4.78 is 0. The van der Waals surface area contributed by atoms with Gasteiger partial charge in [-0.3, -0.25) is 9.88 Å². The molecule has 1 aromatic heterocycles. The number of hydrogen-bond donors (Lipinski definition) is 1. The molecule has 1 aliphatic heterocycles. The molecule has 0 radical (unpaired) electrons. The van der Waals surface area contributed by atoms with E-state index in [1.165, 1.54) is 43.5 Å². The van der Waals surface area contributed by atoms with Crippen molar-refractivity contribution in [2.45, 2.75) is 50.9 Å². The molecule has 1 atom stereocenters. The largest absolute Gasteiger partial charge is 0.310 e. The fourth-order valence-electron chi connectivity index (χ4n) is 3.11. The van der Waals surface area contributed by atoms with Gasteiger partial charge in [0.1, 0.15) is 0 Å². The van der Waals surface area contributed by atoms with Gasteiger partial charge in [0, 0.05) is 37.9 Å². The number of pyridine rings is 1. The Morgan fingerprint density at radius 2 is 2.19 bits per heavy atom. The first-order valence-electron chi connectivity index (χ1n) is 8.26. The Hall–Kier alpha value is -0.970. The van der Waals surface area contributed by atoms with Crippen LogP contribution >= 0.6 is 0 Å². The van der Waals surface area contributed by atoms with Gasteiger partial charge in [-0.2, -0.15) is 0 Å². The van der Waals surface area contributed by atoms with E-state index in [0.717, 1.165) is 31.7 Å². The summed E-state index contributed by atoms with van der Waals surface area (Å²) in [6, 6.07) is 5.88. The van der Waals surface area contributed by atoms with E-state index in [1.807, 2.05) is 6.20 Å². The lowest BCUT2D eigenvalue weighted by molar-refractivity contribution is 0.214. The highest BCUT2D eigenvalue weighted by Crippen LogP contribution is 2.19. The second-order valence-electron chi connectivity index (χ2n) is 6.79. The van der Waals surface area contributed by atoms with Gasteiger partial charge < -0.3 is 10.2 Å². The van der Waals surface area contributed by atoms with Crippen LogP contribution in [0.5, 0.6) is 0 Å². The summed E-state index contributed by atoms with van der Waals surface area (Å²) in [7, 11) is 4.45. The quantitative estimate of drug-likeness (QED) is 0.830. The number of likely N-dealkylation sites (tertiary alicyclic amines) is 1. The Balaban J connectivity index is 1.45. The summed E-state index contributed by atoms with van der Waals surface area (Å²) in [5.74, 6) is 0. The van der Waals surface area contributed by atoms with Gasteiger partial charge in [0.2, 0.25) is 0 Å². The minimum Gasteiger partial charge on any atom is -0.310 e. The van der Waals surface area contributed by atoms with Crippen LogP contribution in [0.25, 0.3) is 0 Å². The molecule has 1 N–H and O–H groups in total. The van der Waals surface area contributed by atoms with Gasteiger partial charge in [-0.25, -0.2) is 0 Å². The molecule has 4 nitrogen and oxygen atoms in total. The summed E-state index contributed by atoms with van der Waals surface area (Å²) in [6.45, 7) is 4.30. The second kappa shape index (κ2) is 6.86. The summed E-state index contributed by atoms with van der Waals surface area (Å²) in [5.41, 5.74) is 2.47. The van der Waals surface area contributed by atoms with Crippen LogP contribution in [0.1, 0.15) is 36.9 Å². The van der Waals surface area contributed by atoms with Crippen molar-refractivity contribution in [2.24, 2.45) is 0 Å². The highest BCUT2D eigenvalue weighted by molar-refractivity contribution is 5.14. The van der Waals surface area contributed by atoms with Crippen LogP contribution in [-0.4, -0.2) is 54.1 Å². The molecule has 1 aliphatic carbocycles. The predicted octanol–water partition coefficient (Wildman–Crippen LogP) is 1.86. The zero-order valence-electron chi connectivity index (χ0n) is 13.4. The minimum absolute atomic E-state index is 0.719. The number of aromatic nitrogens is 1. The Kier molecular flexibility index (Phi) is 4.88. The molecule has 2 fully saturated rings.